The average Bonchev–Trinajstić information content (AvgIpc) is 3.00. The Morgan fingerprint density at radius 1 is 0.952 bits per heavy atom. The molecule has 0 saturated carbocycles. The van der Waals surface area contributed by atoms with Crippen LogP contribution in [0.5, 0.6) is 11.5 Å². The van der Waals surface area contributed by atoms with E-state index in [4.69, 9.17) is 9.47 Å². The molecule has 1 aliphatic rings. The fourth-order valence-electron chi connectivity index (χ4n) is 2.45. The van der Waals surface area contributed by atoms with Gasteiger partial charge in [-0.05, 0) is 35.2 Å². The van der Waals surface area contributed by atoms with E-state index in [0.29, 0.717) is 6.79 Å². The van der Waals surface area contributed by atoms with Crippen molar-refractivity contribution in [2.75, 3.05) is 12.1 Å². The van der Waals surface area contributed by atoms with E-state index < -0.39 is 0 Å². The molecule has 21 heavy (non-hydrogen) atoms. The third kappa shape index (κ3) is 2.36. The smallest absolute Gasteiger partial charge is 0.231 e. The largest absolute Gasteiger partial charge is 0.454 e. The molecule has 104 valence electrons. The van der Waals surface area contributed by atoms with Crippen molar-refractivity contribution in [2.24, 2.45) is 0 Å². The molecule has 0 aliphatic carbocycles. The van der Waals surface area contributed by atoms with E-state index in [1.165, 1.54) is 10.9 Å². The summed E-state index contributed by atoms with van der Waals surface area (Å²) < 4.78 is 10.7. The molecule has 0 unspecified atom stereocenters. The van der Waals surface area contributed by atoms with Gasteiger partial charge in [0.1, 0.15) is 0 Å². The monoisotopic (exact) mass is 278 g/mol. The highest BCUT2D eigenvalue weighted by Gasteiger charge is 2.12. The van der Waals surface area contributed by atoms with Crippen LogP contribution in [0.4, 0.5) is 5.69 Å². The summed E-state index contributed by atoms with van der Waals surface area (Å²) in [4.78, 5) is 4.13. The van der Waals surface area contributed by atoms with Crippen LogP contribution in [0, 0.1) is 0 Å². The normalized spacial score (nSPS) is 12.6. The van der Waals surface area contributed by atoms with Crippen molar-refractivity contribution in [1.29, 1.82) is 0 Å². The summed E-state index contributed by atoms with van der Waals surface area (Å²) in [7, 11) is 0. The van der Waals surface area contributed by atoms with Crippen molar-refractivity contribution >= 4 is 16.5 Å². The topological polar surface area (TPSA) is 43.4 Å². The van der Waals surface area contributed by atoms with Gasteiger partial charge >= 0.3 is 0 Å². The summed E-state index contributed by atoms with van der Waals surface area (Å²) in [6, 6.07) is 14.3. The third-order valence-electron chi connectivity index (χ3n) is 3.57. The van der Waals surface area contributed by atoms with Gasteiger partial charge in [-0.15, -0.1) is 0 Å². The van der Waals surface area contributed by atoms with E-state index in [1.807, 2.05) is 36.7 Å². The highest BCUT2D eigenvalue weighted by molar-refractivity contribution is 5.82. The molecule has 4 heteroatoms. The Labute approximate surface area is 122 Å². The molecule has 0 amide bonds. The average molecular weight is 278 g/mol. The van der Waals surface area contributed by atoms with Crippen LogP contribution in [0.3, 0.4) is 0 Å². The van der Waals surface area contributed by atoms with Crippen LogP contribution in [-0.2, 0) is 6.54 Å². The van der Waals surface area contributed by atoms with Crippen molar-refractivity contribution in [2.45, 2.75) is 6.54 Å². The van der Waals surface area contributed by atoms with Gasteiger partial charge in [0.05, 0.1) is 0 Å². The predicted octanol–water partition coefficient (Wildman–Crippen LogP) is 3.58. The molecule has 1 aromatic heterocycles. The van der Waals surface area contributed by atoms with Gasteiger partial charge in [0.25, 0.3) is 0 Å². The Kier molecular flexibility index (Phi) is 2.85. The van der Waals surface area contributed by atoms with E-state index in [0.717, 1.165) is 29.1 Å². The summed E-state index contributed by atoms with van der Waals surface area (Å²) in [5, 5.41) is 5.76. The first kappa shape index (κ1) is 12.0. The van der Waals surface area contributed by atoms with Crippen molar-refractivity contribution in [3.05, 3.63) is 60.4 Å². The SMILES string of the molecule is c1cc2cc(CNc3ccc4c(c3)OCO4)ccc2cn1. The standard InChI is InChI=1S/C17H14N2O2/c1-2-14-10-18-6-5-13(14)7-12(1)9-19-15-3-4-16-17(8-15)21-11-20-16/h1-8,10,19H,9,11H2. The Morgan fingerprint density at radius 2 is 1.90 bits per heavy atom. The number of rotatable bonds is 3. The van der Waals surface area contributed by atoms with Crippen LogP contribution in [0.1, 0.15) is 5.56 Å². The molecular formula is C17H14N2O2. The van der Waals surface area contributed by atoms with E-state index in [9.17, 15) is 0 Å². The van der Waals surface area contributed by atoms with Gasteiger partial charge in [-0.2, -0.15) is 0 Å². The Bertz CT molecular complexity index is 802. The highest BCUT2D eigenvalue weighted by atomic mass is 16.7. The zero-order valence-electron chi connectivity index (χ0n) is 11.4. The van der Waals surface area contributed by atoms with Gasteiger partial charge in [-0.25, -0.2) is 0 Å². The van der Waals surface area contributed by atoms with Crippen molar-refractivity contribution in [1.82, 2.24) is 4.98 Å². The zero-order valence-corrected chi connectivity index (χ0v) is 11.4. The zero-order chi connectivity index (χ0) is 14.1. The fraction of sp³-hybridized carbons (Fsp3) is 0.118. The quantitative estimate of drug-likeness (QED) is 0.795. The first-order chi connectivity index (χ1) is 10.4. The maximum absolute atomic E-state index is 5.38. The second-order valence-corrected chi connectivity index (χ2v) is 4.98. The molecule has 0 saturated heterocycles. The third-order valence-corrected chi connectivity index (χ3v) is 3.57. The molecule has 0 spiro atoms. The molecule has 2 aromatic carbocycles. The number of nitrogens with one attached hydrogen (secondary N) is 1. The number of benzene rings is 2. The van der Waals surface area contributed by atoms with Crippen molar-refractivity contribution in [3.8, 4) is 11.5 Å². The lowest BCUT2D eigenvalue weighted by Crippen LogP contribution is -1.99. The van der Waals surface area contributed by atoms with E-state index in [2.05, 4.69) is 28.5 Å². The highest BCUT2D eigenvalue weighted by Crippen LogP contribution is 2.34. The molecule has 0 fully saturated rings. The minimum absolute atomic E-state index is 0.303. The molecule has 0 bridgehead atoms. The molecule has 1 aliphatic heterocycles. The summed E-state index contributed by atoms with van der Waals surface area (Å²) in [6.07, 6.45) is 3.70. The first-order valence-electron chi connectivity index (χ1n) is 6.85. The lowest BCUT2D eigenvalue weighted by molar-refractivity contribution is 0.174. The van der Waals surface area contributed by atoms with Crippen LogP contribution >= 0.6 is 0 Å². The van der Waals surface area contributed by atoms with Gasteiger partial charge in [-0.1, -0.05) is 12.1 Å². The van der Waals surface area contributed by atoms with Crippen molar-refractivity contribution < 1.29 is 9.47 Å². The molecule has 2 heterocycles. The lowest BCUT2D eigenvalue weighted by Gasteiger charge is -2.08. The maximum Gasteiger partial charge on any atom is 0.231 e. The molecule has 4 nitrogen and oxygen atoms in total. The Hall–Kier alpha value is -2.75. The minimum Gasteiger partial charge on any atom is -0.454 e. The molecule has 1 N–H and O–H groups in total. The summed E-state index contributed by atoms with van der Waals surface area (Å²) in [5.74, 6) is 1.60. The summed E-state index contributed by atoms with van der Waals surface area (Å²) in [5.41, 5.74) is 2.25. The number of ether oxygens (including phenoxy) is 2. The molecule has 0 atom stereocenters. The summed E-state index contributed by atoms with van der Waals surface area (Å²) >= 11 is 0. The Balaban J connectivity index is 1.52. The lowest BCUT2D eigenvalue weighted by atomic mass is 10.1. The Morgan fingerprint density at radius 3 is 2.90 bits per heavy atom. The molecular weight excluding hydrogens is 264 g/mol. The number of fused-ring (bicyclic) bond motifs is 2. The van der Waals surface area contributed by atoms with Gasteiger partial charge in [0.2, 0.25) is 6.79 Å². The molecule has 3 aromatic rings. The molecule has 4 rings (SSSR count). The predicted molar refractivity (Wildman–Crippen MR) is 81.6 cm³/mol. The summed E-state index contributed by atoms with van der Waals surface area (Å²) in [6.45, 7) is 1.06. The van der Waals surface area contributed by atoms with Gasteiger partial charge in [-0.3, -0.25) is 4.98 Å². The maximum atomic E-state index is 5.38. The van der Waals surface area contributed by atoms with Crippen LogP contribution in [0.2, 0.25) is 0 Å². The second-order valence-electron chi connectivity index (χ2n) is 4.98. The van der Waals surface area contributed by atoms with Crippen LogP contribution in [0.15, 0.2) is 54.9 Å². The second kappa shape index (κ2) is 4.98. The number of anilines is 1. The number of pyridine rings is 1. The number of nitrogens with zero attached hydrogens (tertiary/aromatic N) is 1. The fourth-order valence-corrected chi connectivity index (χ4v) is 2.45. The first-order valence-corrected chi connectivity index (χ1v) is 6.85. The molecule has 0 radical (unpaired) electrons. The van der Waals surface area contributed by atoms with E-state index in [1.54, 1.807) is 0 Å². The van der Waals surface area contributed by atoms with Gasteiger partial charge in [0, 0.05) is 36.1 Å². The van der Waals surface area contributed by atoms with Gasteiger partial charge in [0.15, 0.2) is 11.5 Å². The number of aromatic nitrogens is 1. The number of hydrogen-bond donors (Lipinski definition) is 1. The van der Waals surface area contributed by atoms with E-state index in [-0.39, 0.29) is 0 Å². The van der Waals surface area contributed by atoms with E-state index >= 15 is 0 Å². The van der Waals surface area contributed by atoms with Crippen LogP contribution in [0.25, 0.3) is 10.8 Å². The van der Waals surface area contributed by atoms with Crippen LogP contribution in [-0.4, -0.2) is 11.8 Å². The van der Waals surface area contributed by atoms with Crippen molar-refractivity contribution in [3.63, 3.8) is 0 Å². The number of hydrogen-bond acceptors (Lipinski definition) is 4. The minimum atomic E-state index is 0.303. The van der Waals surface area contributed by atoms with Gasteiger partial charge < -0.3 is 14.8 Å². The van der Waals surface area contributed by atoms with Crippen LogP contribution < -0.4 is 14.8 Å².